The molecule has 4 rings (SSSR count). The predicted molar refractivity (Wildman–Crippen MR) is 117 cm³/mol. The fraction of sp³-hybridized carbons (Fsp3) is 0.320. The number of morpholine rings is 1. The molecule has 156 valence electrons. The fourth-order valence-corrected chi connectivity index (χ4v) is 4.11. The van der Waals surface area contributed by atoms with Gasteiger partial charge < -0.3 is 15.0 Å². The molecule has 0 aromatic heterocycles. The number of ether oxygens (including phenoxy) is 1. The number of carbonyl (C=O) groups excluding carboxylic acids is 1. The van der Waals surface area contributed by atoms with Crippen LogP contribution in [0.3, 0.4) is 0 Å². The van der Waals surface area contributed by atoms with E-state index < -0.39 is 0 Å². The van der Waals surface area contributed by atoms with Gasteiger partial charge in [0.05, 0.1) is 12.1 Å². The third-order valence-corrected chi connectivity index (χ3v) is 5.92. The summed E-state index contributed by atoms with van der Waals surface area (Å²) in [5.41, 5.74) is 2.17. The molecule has 0 bridgehead atoms. The first-order valence-electron chi connectivity index (χ1n) is 10.4. The van der Waals surface area contributed by atoms with E-state index in [-0.39, 0.29) is 36.5 Å². The van der Waals surface area contributed by atoms with Crippen molar-refractivity contribution in [2.75, 3.05) is 19.7 Å². The molecule has 3 aromatic carbocycles. The van der Waals surface area contributed by atoms with Crippen LogP contribution in [0.4, 0.5) is 4.39 Å². The molecule has 4 nitrogen and oxygen atoms in total. The zero-order chi connectivity index (χ0) is 21.1. The number of halogens is 1. The third kappa shape index (κ3) is 4.37. The molecule has 0 aliphatic carbocycles. The van der Waals surface area contributed by atoms with E-state index in [2.05, 4.69) is 48.6 Å². The van der Waals surface area contributed by atoms with Crippen molar-refractivity contribution >= 4 is 16.7 Å². The maximum atomic E-state index is 13.2. The Labute approximate surface area is 176 Å². The number of nitrogens with one attached hydrogen (secondary N) is 1. The number of rotatable bonds is 6. The molecule has 1 amide bonds. The third-order valence-electron chi connectivity index (χ3n) is 5.92. The predicted octanol–water partition coefficient (Wildman–Crippen LogP) is 4.62. The fourth-order valence-electron chi connectivity index (χ4n) is 4.11. The summed E-state index contributed by atoms with van der Waals surface area (Å²) in [6, 6.07) is 21.1. The monoisotopic (exact) mass is 406 g/mol. The second-order valence-corrected chi connectivity index (χ2v) is 7.90. The molecule has 2 unspecified atom stereocenters. The van der Waals surface area contributed by atoms with E-state index in [4.69, 9.17) is 4.74 Å². The minimum atomic E-state index is -0.274. The second-order valence-electron chi connectivity index (χ2n) is 7.90. The van der Waals surface area contributed by atoms with Gasteiger partial charge in [-0.25, -0.2) is 4.39 Å². The molecular weight excluding hydrogens is 379 g/mol. The van der Waals surface area contributed by atoms with Crippen molar-refractivity contribution in [3.05, 3.63) is 83.7 Å². The number of carbonyl (C=O) groups is 1. The van der Waals surface area contributed by atoms with Crippen LogP contribution >= 0.6 is 0 Å². The summed E-state index contributed by atoms with van der Waals surface area (Å²) >= 11 is 0. The van der Waals surface area contributed by atoms with Gasteiger partial charge in [0.15, 0.2) is 0 Å². The van der Waals surface area contributed by atoms with Crippen LogP contribution in [0, 0.1) is 5.82 Å². The molecular formula is C25H27FN2O2. The normalized spacial score (nSPS) is 19.1. The van der Waals surface area contributed by atoms with E-state index in [0.29, 0.717) is 13.1 Å². The average Bonchev–Trinajstić information content (AvgIpc) is 2.78. The molecule has 1 aliphatic heterocycles. The molecule has 5 heteroatoms. The number of amides is 1. The van der Waals surface area contributed by atoms with Crippen LogP contribution in [0.1, 0.15) is 37.1 Å². The molecule has 0 spiro atoms. The van der Waals surface area contributed by atoms with Gasteiger partial charge in [0.1, 0.15) is 12.4 Å². The van der Waals surface area contributed by atoms with Crippen molar-refractivity contribution in [1.82, 2.24) is 10.2 Å². The molecule has 1 saturated heterocycles. The number of nitrogens with zero attached hydrogens (tertiary/aromatic N) is 1. The largest absolute Gasteiger partial charge is 0.365 e. The molecule has 1 heterocycles. The standard InChI is InChI=1S/C25H27FN2O2/c1-17(23-9-5-7-20-6-3-4-8-24(20)23)27-14-22-15-28(25(29)16-30-22)18(2)19-10-12-21(26)13-11-19/h3-13,17-18,22,27H,14-16H2,1-2H3/t17-,18?,22?/m1/s1. The van der Waals surface area contributed by atoms with Crippen molar-refractivity contribution < 1.29 is 13.9 Å². The van der Waals surface area contributed by atoms with Gasteiger partial charge in [0.2, 0.25) is 5.91 Å². The summed E-state index contributed by atoms with van der Waals surface area (Å²) in [5, 5.41) is 6.04. The first-order chi connectivity index (χ1) is 14.5. The SMILES string of the molecule is CC(c1ccc(F)cc1)N1CC(CN[C@H](C)c2cccc3ccccc23)OCC1=O. The summed E-state index contributed by atoms with van der Waals surface area (Å²) in [6.07, 6.45) is -0.0944. The van der Waals surface area contributed by atoms with Crippen molar-refractivity contribution in [3.8, 4) is 0 Å². The lowest BCUT2D eigenvalue weighted by atomic mass is 9.99. The van der Waals surface area contributed by atoms with Crippen LogP contribution in [0.2, 0.25) is 0 Å². The Morgan fingerprint density at radius 1 is 1.07 bits per heavy atom. The Hall–Kier alpha value is -2.76. The Bertz CT molecular complexity index is 1020. The van der Waals surface area contributed by atoms with Crippen LogP contribution in [0.15, 0.2) is 66.7 Å². The molecule has 3 atom stereocenters. The van der Waals surface area contributed by atoms with Gasteiger partial charge >= 0.3 is 0 Å². The maximum absolute atomic E-state index is 13.2. The summed E-state index contributed by atoms with van der Waals surface area (Å²) < 4.78 is 19.0. The number of hydrogen-bond acceptors (Lipinski definition) is 3. The molecule has 30 heavy (non-hydrogen) atoms. The Balaban J connectivity index is 1.41. The Morgan fingerprint density at radius 3 is 2.60 bits per heavy atom. The maximum Gasteiger partial charge on any atom is 0.249 e. The van der Waals surface area contributed by atoms with Crippen LogP contribution in [0.5, 0.6) is 0 Å². The Kier molecular flexibility index (Phi) is 6.11. The first kappa shape index (κ1) is 20.5. The highest BCUT2D eigenvalue weighted by Crippen LogP contribution is 2.26. The van der Waals surface area contributed by atoms with Crippen LogP contribution in [-0.2, 0) is 9.53 Å². The molecule has 1 fully saturated rings. The van der Waals surface area contributed by atoms with Gasteiger partial charge in [0.25, 0.3) is 0 Å². The van der Waals surface area contributed by atoms with Gasteiger partial charge in [-0.15, -0.1) is 0 Å². The van der Waals surface area contributed by atoms with Gasteiger partial charge in [-0.05, 0) is 47.9 Å². The summed E-state index contributed by atoms with van der Waals surface area (Å²) in [6.45, 7) is 5.34. The van der Waals surface area contributed by atoms with E-state index in [1.165, 1.54) is 28.5 Å². The minimum Gasteiger partial charge on any atom is -0.365 e. The van der Waals surface area contributed by atoms with Crippen LogP contribution < -0.4 is 5.32 Å². The van der Waals surface area contributed by atoms with Crippen molar-refractivity contribution in [2.24, 2.45) is 0 Å². The molecule has 3 aromatic rings. The van der Waals surface area contributed by atoms with Gasteiger partial charge in [-0.1, -0.05) is 54.6 Å². The lowest BCUT2D eigenvalue weighted by molar-refractivity contribution is -0.151. The van der Waals surface area contributed by atoms with E-state index >= 15 is 0 Å². The zero-order valence-corrected chi connectivity index (χ0v) is 17.3. The Morgan fingerprint density at radius 2 is 1.80 bits per heavy atom. The average molecular weight is 407 g/mol. The first-order valence-corrected chi connectivity index (χ1v) is 10.4. The van der Waals surface area contributed by atoms with Gasteiger partial charge in [-0.2, -0.15) is 0 Å². The van der Waals surface area contributed by atoms with Crippen LogP contribution in [-0.4, -0.2) is 36.6 Å². The van der Waals surface area contributed by atoms with Crippen molar-refractivity contribution in [3.63, 3.8) is 0 Å². The van der Waals surface area contributed by atoms with Gasteiger partial charge in [-0.3, -0.25) is 4.79 Å². The highest BCUT2D eigenvalue weighted by atomic mass is 19.1. The van der Waals surface area contributed by atoms with E-state index in [1.54, 1.807) is 12.1 Å². The number of fused-ring (bicyclic) bond motifs is 1. The lowest BCUT2D eigenvalue weighted by Crippen LogP contribution is -2.50. The summed E-state index contributed by atoms with van der Waals surface area (Å²) in [5.74, 6) is -0.311. The summed E-state index contributed by atoms with van der Waals surface area (Å²) in [7, 11) is 0. The zero-order valence-electron chi connectivity index (χ0n) is 17.3. The van der Waals surface area contributed by atoms with E-state index in [1.807, 2.05) is 17.9 Å². The lowest BCUT2D eigenvalue weighted by Gasteiger charge is -2.37. The molecule has 0 radical (unpaired) electrons. The van der Waals surface area contributed by atoms with Crippen molar-refractivity contribution in [2.45, 2.75) is 32.0 Å². The quantitative estimate of drug-likeness (QED) is 0.650. The molecule has 1 aliphatic rings. The van der Waals surface area contributed by atoms with E-state index in [0.717, 1.165) is 5.56 Å². The molecule has 0 saturated carbocycles. The van der Waals surface area contributed by atoms with E-state index in [9.17, 15) is 9.18 Å². The topological polar surface area (TPSA) is 41.6 Å². The van der Waals surface area contributed by atoms with Crippen molar-refractivity contribution in [1.29, 1.82) is 0 Å². The van der Waals surface area contributed by atoms with Crippen LogP contribution in [0.25, 0.3) is 10.8 Å². The van der Waals surface area contributed by atoms with Gasteiger partial charge in [0, 0.05) is 19.1 Å². The molecule has 1 N–H and O–H groups in total. The number of hydrogen-bond donors (Lipinski definition) is 1. The second kappa shape index (κ2) is 8.94. The smallest absolute Gasteiger partial charge is 0.249 e. The highest BCUT2D eigenvalue weighted by molar-refractivity contribution is 5.86. The highest BCUT2D eigenvalue weighted by Gasteiger charge is 2.30. The summed E-state index contributed by atoms with van der Waals surface area (Å²) in [4.78, 5) is 14.3. The minimum absolute atomic E-state index is 0.0369. The number of benzene rings is 3.